The fraction of sp³-hybridized carbons (Fsp3) is 0.700. The average molecular weight is 197 g/mol. The van der Waals surface area contributed by atoms with Crippen LogP contribution in [-0.4, -0.2) is 16.4 Å². The second kappa shape index (κ2) is 5.12. The number of aromatic nitrogens is 2. The molecule has 1 aromatic heterocycles. The van der Waals surface area contributed by atoms with E-state index in [0.717, 1.165) is 6.54 Å². The van der Waals surface area contributed by atoms with Gasteiger partial charge >= 0.3 is 0 Å². The molecular formula is C10H19N3O. The van der Waals surface area contributed by atoms with Crippen molar-refractivity contribution in [1.29, 1.82) is 0 Å². The summed E-state index contributed by atoms with van der Waals surface area (Å²) in [6.07, 6.45) is 3.94. The van der Waals surface area contributed by atoms with Crippen LogP contribution in [0.5, 0.6) is 0 Å². The van der Waals surface area contributed by atoms with E-state index in [1.54, 1.807) is 0 Å². The molecule has 1 atom stereocenters. The molecule has 0 amide bonds. The molecule has 1 heterocycles. The molecule has 0 radical (unpaired) electrons. The van der Waals surface area contributed by atoms with E-state index in [2.05, 4.69) is 36.9 Å². The van der Waals surface area contributed by atoms with Gasteiger partial charge in [-0.3, -0.25) is 4.68 Å². The molecule has 0 spiro atoms. The van der Waals surface area contributed by atoms with Gasteiger partial charge in [0.2, 0.25) is 0 Å². The van der Waals surface area contributed by atoms with Crippen molar-refractivity contribution >= 4 is 0 Å². The lowest BCUT2D eigenvalue weighted by atomic mass is 10.1. The first-order valence-corrected chi connectivity index (χ1v) is 4.97. The summed E-state index contributed by atoms with van der Waals surface area (Å²) in [7, 11) is 0. The Morgan fingerprint density at radius 2 is 2.21 bits per heavy atom. The van der Waals surface area contributed by atoms with Crippen LogP contribution in [0.1, 0.15) is 32.3 Å². The minimum atomic E-state index is 0.306. The summed E-state index contributed by atoms with van der Waals surface area (Å²) in [5.74, 6) is 5.95. The van der Waals surface area contributed by atoms with Gasteiger partial charge in [0, 0.05) is 18.7 Å². The van der Waals surface area contributed by atoms with E-state index in [-0.39, 0.29) is 0 Å². The monoisotopic (exact) mass is 197 g/mol. The highest BCUT2D eigenvalue weighted by Gasteiger charge is 2.08. The Balaban J connectivity index is 2.58. The smallest absolute Gasteiger partial charge is 0.0746 e. The van der Waals surface area contributed by atoms with Crippen LogP contribution in [0.3, 0.4) is 0 Å². The molecule has 0 aliphatic carbocycles. The number of hydrogen-bond acceptors (Lipinski definition) is 3. The van der Waals surface area contributed by atoms with Crippen LogP contribution in [0, 0.1) is 5.92 Å². The van der Waals surface area contributed by atoms with Crippen molar-refractivity contribution in [3.63, 3.8) is 0 Å². The third kappa shape index (κ3) is 3.12. The molecule has 0 saturated heterocycles. The van der Waals surface area contributed by atoms with E-state index >= 15 is 0 Å². The lowest BCUT2D eigenvalue weighted by Gasteiger charge is -2.06. The van der Waals surface area contributed by atoms with Gasteiger partial charge < -0.3 is 4.84 Å². The zero-order valence-corrected chi connectivity index (χ0v) is 9.10. The van der Waals surface area contributed by atoms with Gasteiger partial charge in [-0.25, -0.2) is 5.90 Å². The molecule has 0 bridgehead atoms. The standard InChI is InChI=1S/C10H19N3O/c1-8(2)5-13-6-10(4-12-13)9(3)7-14-11/h4,6,8-9H,5,7,11H2,1-3H3. The lowest BCUT2D eigenvalue weighted by molar-refractivity contribution is 0.126. The minimum Gasteiger partial charge on any atom is -0.304 e. The summed E-state index contributed by atoms with van der Waals surface area (Å²) in [5, 5.41) is 4.28. The summed E-state index contributed by atoms with van der Waals surface area (Å²) in [5.41, 5.74) is 1.18. The number of nitrogens with zero attached hydrogens (tertiary/aromatic N) is 2. The predicted octanol–water partition coefficient (Wildman–Crippen LogP) is 1.53. The Hall–Kier alpha value is -0.870. The van der Waals surface area contributed by atoms with Crippen LogP contribution in [0.2, 0.25) is 0 Å². The van der Waals surface area contributed by atoms with Gasteiger partial charge in [0.25, 0.3) is 0 Å². The van der Waals surface area contributed by atoms with Crippen LogP contribution in [0.25, 0.3) is 0 Å². The van der Waals surface area contributed by atoms with E-state index in [1.165, 1.54) is 5.56 Å². The number of nitrogens with two attached hydrogens (primary N) is 1. The average Bonchev–Trinajstić information content (AvgIpc) is 2.52. The Bertz CT molecular complexity index is 270. The molecule has 2 N–H and O–H groups in total. The molecule has 0 aliphatic rings. The second-order valence-corrected chi connectivity index (χ2v) is 4.12. The number of rotatable bonds is 5. The van der Waals surface area contributed by atoms with Crippen LogP contribution in [0.15, 0.2) is 12.4 Å². The zero-order valence-electron chi connectivity index (χ0n) is 9.10. The Morgan fingerprint density at radius 3 is 2.79 bits per heavy atom. The van der Waals surface area contributed by atoms with Crippen LogP contribution in [0.4, 0.5) is 0 Å². The Morgan fingerprint density at radius 1 is 1.50 bits per heavy atom. The normalized spacial score (nSPS) is 13.5. The second-order valence-electron chi connectivity index (χ2n) is 4.12. The maximum atomic E-state index is 5.03. The highest BCUT2D eigenvalue weighted by molar-refractivity contribution is 5.10. The quantitative estimate of drug-likeness (QED) is 0.728. The maximum Gasteiger partial charge on any atom is 0.0746 e. The van der Waals surface area contributed by atoms with Crippen molar-refractivity contribution in [2.75, 3.05) is 6.61 Å². The number of hydrogen-bond donors (Lipinski definition) is 1. The van der Waals surface area contributed by atoms with Crippen molar-refractivity contribution in [3.05, 3.63) is 18.0 Å². The summed E-state index contributed by atoms with van der Waals surface area (Å²) >= 11 is 0. The molecule has 14 heavy (non-hydrogen) atoms. The largest absolute Gasteiger partial charge is 0.304 e. The molecule has 1 unspecified atom stereocenters. The SMILES string of the molecule is CC(C)Cn1cc(C(C)CON)cn1. The van der Waals surface area contributed by atoms with Crippen LogP contribution in [-0.2, 0) is 11.4 Å². The fourth-order valence-corrected chi connectivity index (χ4v) is 1.35. The molecule has 1 aromatic rings. The molecule has 0 saturated carbocycles. The molecular weight excluding hydrogens is 178 g/mol. The minimum absolute atomic E-state index is 0.306. The Kier molecular flexibility index (Phi) is 4.10. The predicted molar refractivity (Wildman–Crippen MR) is 55.6 cm³/mol. The third-order valence-corrected chi connectivity index (χ3v) is 2.12. The van der Waals surface area contributed by atoms with E-state index in [4.69, 9.17) is 5.90 Å². The highest BCUT2D eigenvalue weighted by atomic mass is 16.6. The van der Waals surface area contributed by atoms with Gasteiger partial charge in [-0.05, 0) is 11.5 Å². The van der Waals surface area contributed by atoms with Gasteiger partial charge in [-0.2, -0.15) is 5.10 Å². The lowest BCUT2D eigenvalue weighted by Crippen LogP contribution is -2.08. The van der Waals surface area contributed by atoms with Crippen molar-refractivity contribution in [2.24, 2.45) is 11.8 Å². The molecule has 4 nitrogen and oxygen atoms in total. The highest BCUT2D eigenvalue weighted by Crippen LogP contribution is 2.14. The van der Waals surface area contributed by atoms with Crippen LogP contribution < -0.4 is 5.90 Å². The summed E-state index contributed by atoms with van der Waals surface area (Å²) in [6, 6.07) is 0. The van der Waals surface area contributed by atoms with Gasteiger partial charge in [-0.1, -0.05) is 20.8 Å². The van der Waals surface area contributed by atoms with Crippen LogP contribution >= 0.6 is 0 Å². The van der Waals surface area contributed by atoms with Crippen molar-refractivity contribution in [3.8, 4) is 0 Å². The first kappa shape index (κ1) is 11.2. The molecule has 1 rings (SSSR count). The van der Waals surface area contributed by atoms with Crippen molar-refractivity contribution in [2.45, 2.75) is 33.2 Å². The maximum absolute atomic E-state index is 5.03. The van der Waals surface area contributed by atoms with E-state index in [9.17, 15) is 0 Å². The summed E-state index contributed by atoms with van der Waals surface area (Å²) in [4.78, 5) is 4.61. The van der Waals surface area contributed by atoms with E-state index in [0.29, 0.717) is 18.4 Å². The molecule has 80 valence electrons. The molecule has 0 aromatic carbocycles. The summed E-state index contributed by atoms with van der Waals surface area (Å²) < 4.78 is 1.97. The van der Waals surface area contributed by atoms with Gasteiger partial charge in [-0.15, -0.1) is 0 Å². The van der Waals surface area contributed by atoms with E-state index < -0.39 is 0 Å². The van der Waals surface area contributed by atoms with Gasteiger partial charge in [0.15, 0.2) is 0 Å². The fourth-order valence-electron chi connectivity index (χ4n) is 1.35. The Labute approximate surface area is 85.0 Å². The topological polar surface area (TPSA) is 53.1 Å². The molecule has 0 aliphatic heterocycles. The molecule has 0 fully saturated rings. The zero-order chi connectivity index (χ0) is 10.6. The molecule has 4 heteroatoms. The van der Waals surface area contributed by atoms with Crippen molar-refractivity contribution in [1.82, 2.24) is 9.78 Å². The first-order valence-electron chi connectivity index (χ1n) is 4.97. The summed E-state index contributed by atoms with van der Waals surface area (Å²) in [6.45, 7) is 7.91. The van der Waals surface area contributed by atoms with E-state index in [1.807, 2.05) is 10.9 Å². The van der Waals surface area contributed by atoms with Crippen molar-refractivity contribution < 1.29 is 4.84 Å². The first-order chi connectivity index (χ1) is 6.63. The van der Waals surface area contributed by atoms with Gasteiger partial charge in [0.05, 0.1) is 12.8 Å². The van der Waals surface area contributed by atoms with Gasteiger partial charge in [0.1, 0.15) is 0 Å². The third-order valence-electron chi connectivity index (χ3n) is 2.12.